The fourth-order valence-electron chi connectivity index (χ4n) is 2.41. The Balaban J connectivity index is 1.76. The standard InChI is InChI=1S/C15H19N3O3/c1-18-3-4-20-12(8-18)9-21-15-6-13-11(5-14(15)19-2)7-16-10-17-13/h5-7,10,12H,3-4,8-9H2,1-2H3. The maximum atomic E-state index is 5.89. The lowest BCUT2D eigenvalue weighted by atomic mass is 10.2. The van der Waals surface area contributed by atoms with Crippen molar-refractivity contribution in [2.45, 2.75) is 6.10 Å². The molecule has 1 aromatic carbocycles. The van der Waals surface area contributed by atoms with E-state index in [1.807, 2.05) is 12.1 Å². The Morgan fingerprint density at radius 3 is 3.10 bits per heavy atom. The van der Waals surface area contributed by atoms with Crippen molar-refractivity contribution in [3.8, 4) is 11.5 Å². The number of methoxy groups -OCH3 is 1. The van der Waals surface area contributed by atoms with Crippen molar-refractivity contribution in [3.05, 3.63) is 24.7 Å². The summed E-state index contributed by atoms with van der Waals surface area (Å²) in [6.45, 7) is 3.08. The number of fused-ring (bicyclic) bond motifs is 1. The third-order valence-corrected chi connectivity index (χ3v) is 3.56. The Kier molecular flexibility index (Phi) is 4.17. The van der Waals surface area contributed by atoms with E-state index < -0.39 is 0 Å². The van der Waals surface area contributed by atoms with Gasteiger partial charge in [0.15, 0.2) is 11.5 Å². The van der Waals surface area contributed by atoms with Crippen LogP contribution in [0.25, 0.3) is 10.9 Å². The van der Waals surface area contributed by atoms with E-state index in [1.165, 1.54) is 6.33 Å². The van der Waals surface area contributed by atoms with Crippen LogP contribution in [0.2, 0.25) is 0 Å². The molecule has 2 heterocycles. The highest BCUT2D eigenvalue weighted by Gasteiger charge is 2.19. The van der Waals surface area contributed by atoms with Gasteiger partial charge in [0.2, 0.25) is 0 Å². The molecule has 6 heteroatoms. The molecule has 0 aliphatic carbocycles. The molecular formula is C15H19N3O3. The predicted molar refractivity (Wildman–Crippen MR) is 78.8 cm³/mol. The molecule has 1 unspecified atom stereocenters. The third-order valence-electron chi connectivity index (χ3n) is 3.56. The van der Waals surface area contributed by atoms with Crippen molar-refractivity contribution in [2.75, 3.05) is 40.5 Å². The van der Waals surface area contributed by atoms with Crippen LogP contribution in [0.5, 0.6) is 11.5 Å². The predicted octanol–water partition coefficient (Wildman–Crippen LogP) is 1.35. The van der Waals surface area contributed by atoms with E-state index in [9.17, 15) is 0 Å². The number of ether oxygens (including phenoxy) is 3. The minimum absolute atomic E-state index is 0.0783. The van der Waals surface area contributed by atoms with Crippen LogP contribution in [-0.2, 0) is 4.74 Å². The maximum Gasteiger partial charge on any atom is 0.163 e. The molecule has 0 spiro atoms. The highest BCUT2D eigenvalue weighted by atomic mass is 16.5. The van der Waals surface area contributed by atoms with Crippen LogP contribution < -0.4 is 9.47 Å². The number of hydrogen-bond acceptors (Lipinski definition) is 6. The van der Waals surface area contributed by atoms with Crippen LogP contribution in [-0.4, -0.2) is 61.4 Å². The number of morpholine rings is 1. The second-order valence-corrected chi connectivity index (χ2v) is 5.15. The maximum absolute atomic E-state index is 5.89. The van der Waals surface area contributed by atoms with E-state index in [-0.39, 0.29) is 6.10 Å². The van der Waals surface area contributed by atoms with Crippen molar-refractivity contribution < 1.29 is 14.2 Å². The van der Waals surface area contributed by atoms with Gasteiger partial charge >= 0.3 is 0 Å². The van der Waals surface area contributed by atoms with Gasteiger partial charge in [0, 0.05) is 30.7 Å². The minimum atomic E-state index is 0.0783. The van der Waals surface area contributed by atoms with Gasteiger partial charge in [-0.25, -0.2) is 9.97 Å². The molecule has 1 atom stereocenters. The highest BCUT2D eigenvalue weighted by molar-refractivity contribution is 5.81. The summed E-state index contributed by atoms with van der Waals surface area (Å²) in [6, 6.07) is 3.76. The molecule has 6 nitrogen and oxygen atoms in total. The summed E-state index contributed by atoms with van der Waals surface area (Å²) in [5, 5.41) is 0.926. The van der Waals surface area contributed by atoms with Crippen molar-refractivity contribution >= 4 is 10.9 Å². The summed E-state index contributed by atoms with van der Waals surface area (Å²) in [5.41, 5.74) is 0.836. The van der Waals surface area contributed by atoms with Gasteiger partial charge in [-0.15, -0.1) is 0 Å². The number of aromatic nitrogens is 2. The largest absolute Gasteiger partial charge is 0.493 e. The van der Waals surface area contributed by atoms with E-state index >= 15 is 0 Å². The van der Waals surface area contributed by atoms with Crippen molar-refractivity contribution in [2.24, 2.45) is 0 Å². The zero-order chi connectivity index (χ0) is 14.7. The summed E-state index contributed by atoms with van der Waals surface area (Å²) in [5.74, 6) is 1.36. The molecule has 1 saturated heterocycles. The topological polar surface area (TPSA) is 56.7 Å². The minimum Gasteiger partial charge on any atom is -0.493 e. The number of hydrogen-bond donors (Lipinski definition) is 0. The first kappa shape index (κ1) is 14.0. The van der Waals surface area contributed by atoms with Gasteiger partial charge in [0.1, 0.15) is 19.0 Å². The molecule has 2 aromatic rings. The van der Waals surface area contributed by atoms with Crippen LogP contribution >= 0.6 is 0 Å². The number of likely N-dealkylation sites (N-methyl/N-ethyl adjacent to an activating group) is 1. The van der Waals surface area contributed by atoms with Gasteiger partial charge in [-0.3, -0.25) is 0 Å². The molecule has 0 amide bonds. The Bertz CT molecular complexity index is 620. The third kappa shape index (κ3) is 3.22. The van der Waals surface area contributed by atoms with E-state index in [1.54, 1.807) is 13.3 Å². The molecular weight excluding hydrogens is 270 g/mol. The highest BCUT2D eigenvalue weighted by Crippen LogP contribution is 2.31. The van der Waals surface area contributed by atoms with Crippen LogP contribution in [0.15, 0.2) is 24.7 Å². The SMILES string of the molecule is COc1cc2cncnc2cc1OCC1CN(C)CCO1. The number of benzene rings is 1. The summed E-state index contributed by atoms with van der Waals surface area (Å²) in [7, 11) is 3.71. The molecule has 0 radical (unpaired) electrons. The molecule has 1 fully saturated rings. The molecule has 21 heavy (non-hydrogen) atoms. The first-order chi connectivity index (χ1) is 10.3. The zero-order valence-corrected chi connectivity index (χ0v) is 12.3. The van der Waals surface area contributed by atoms with E-state index in [0.29, 0.717) is 18.1 Å². The van der Waals surface area contributed by atoms with E-state index in [2.05, 4.69) is 21.9 Å². The van der Waals surface area contributed by atoms with Gasteiger partial charge in [-0.05, 0) is 13.1 Å². The lowest BCUT2D eigenvalue weighted by molar-refractivity contribution is -0.0406. The summed E-state index contributed by atoms with van der Waals surface area (Å²) in [4.78, 5) is 10.5. The zero-order valence-electron chi connectivity index (χ0n) is 12.3. The van der Waals surface area contributed by atoms with Crippen molar-refractivity contribution in [1.29, 1.82) is 0 Å². The van der Waals surface area contributed by atoms with Crippen LogP contribution in [0.1, 0.15) is 0 Å². The molecule has 1 aromatic heterocycles. The quantitative estimate of drug-likeness (QED) is 0.847. The lowest BCUT2D eigenvalue weighted by Gasteiger charge is -2.30. The summed E-state index contributed by atoms with van der Waals surface area (Å²) >= 11 is 0. The second-order valence-electron chi connectivity index (χ2n) is 5.15. The molecule has 0 bridgehead atoms. The van der Waals surface area contributed by atoms with Gasteiger partial charge in [0.05, 0.1) is 19.2 Å². The lowest BCUT2D eigenvalue weighted by Crippen LogP contribution is -2.42. The summed E-state index contributed by atoms with van der Waals surface area (Å²) in [6.07, 6.45) is 3.36. The van der Waals surface area contributed by atoms with Gasteiger partial charge in [-0.2, -0.15) is 0 Å². The fourth-order valence-corrected chi connectivity index (χ4v) is 2.41. The Morgan fingerprint density at radius 2 is 2.29 bits per heavy atom. The molecule has 1 aliphatic rings. The molecule has 3 rings (SSSR count). The molecule has 0 N–H and O–H groups in total. The monoisotopic (exact) mass is 289 g/mol. The van der Waals surface area contributed by atoms with Gasteiger partial charge < -0.3 is 19.1 Å². The molecule has 1 aliphatic heterocycles. The van der Waals surface area contributed by atoms with Gasteiger partial charge in [0.25, 0.3) is 0 Å². The molecule has 0 saturated carbocycles. The van der Waals surface area contributed by atoms with Crippen molar-refractivity contribution in [3.63, 3.8) is 0 Å². The first-order valence-electron chi connectivity index (χ1n) is 6.97. The van der Waals surface area contributed by atoms with Crippen LogP contribution in [0.4, 0.5) is 0 Å². The van der Waals surface area contributed by atoms with Gasteiger partial charge in [-0.1, -0.05) is 0 Å². The van der Waals surface area contributed by atoms with Crippen molar-refractivity contribution in [1.82, 2.24) is 14.9 Å². The Morgan fingerprint density at radius 1 is 1.38 bits per heavy atom. The van der Waals surface area contributed by atoms with E-state index in [4.69, 9.17) is 14.2 Å². The number of rotatable bonds is 4. The van der Waals surface area contributed by atoms with Crippen LogP contribution in [0, 0.1) is 0 Å². The average Bonchev–Trinajstić information content (AvgIpc) is 2.52. The number of nitrogens with zero attached hydrogens (tertiary/aromatic N) is 3. The Hall–Kier alpha value is -1.92. The fraction of sp³-hybridized carbons (Fsp3) is 0.467. The van der Waals surface area contributed by atoms with Crippen LogP contribution in [0.3, 0.4) is 0 Å². The first-order valence-corrected chi connectivity index (χ1v) is 6.97. The molecule has 112 valence electrons. The summed E-state index contributed by atoms with van der Waals surface area (Å²) < 4.78 is 17.0. The second kappa shape index (κ2) is 6.24. The normalized spacial score (nSPS) is 19.6. The average molecular weight is 289 g/mol. The smallest absolute Gasteiger partial charge is 0.163 e. The Labute approximate surface area is 123 Å². The van der Waals surface area contributed by atoms with E-state index in [0.717, 1.165) is 30.6 Å².